The van der Waals surface area contributed by atoms with E-state index in [2.05, 4.69) is 55.5 Å². The Kier molecular flexibility index (Phi) is 4.21. The lowest BCUT2D eigenvalue weighted by atomic mass is 9.88. The third-order valence-electron chi connectivity index (χ3n) is 4.49. The second-order valence-corrected chi connectivity index (χ2v) is 6.98. The number of fused-ring (bicyclic) bond motifs is 2. The standard InChI is InChI=1S/C18H21N5S/c1-19-17(20-11-16-12-23-8-9-24-18(23)22-16)21-15-7-6-13-4-2-3-5-14(13)10-15/h2-5,8-9,12,15H,6-7,10-11H2,1H3,(H2,19,20,21). The van der Waals surface area contributed by atoms with Crippen LogP contribution in [0.4, 0.5) is 0 Å². The Morgan fingerprint density at radius 3 is 3.08 bits per heavy atom. The molecule has 0 saturated carbocycles. The summed E-state index contributed by atoms with van der Waals surface area (Å²) in [7, 11) is 1.82. The Bertz CT molecular complexity index is 835. The highest BCUT2D eigenvalue weighted by Crippen LogP contribution is 2.21. The van der Waals surface area contributed by atoms with Crippen LogP contribution in [0, 0.1) is 0 Å². The lowest BCUT2D eigenvalue weighted by molar-refractivity contribution is 0.520. The van der Waals surface area contributed by atoms with Gasteiger partial charge in [-0.3, -0.25) is 9.39 Å². The van der Waals surface area contributed by atoms with Crippen molar-refractivity contribution in [2.24, 2.45) is 4.99 Å². The largest absolute Gasteiger partial charge is 0.353 e. The van der Waals surface area contributed by atoms with Crippen LogP contribution in [-0.2, 0) is 19.4 Å². The van der Waals surface area contributed by atoms with Crippen LogP contribution in [0.3, 0.4) is 0 Å². The van der Waals surface area contributed by atoms with E-state index in [4.69, 9.17) is 0 Å². The number of hydrogen-bond donors (Lipinski definition) is 2. The second kappa shape index (κ2) is 6.65. The first-order chi connectivity index (χ1) is 11.8. The molecule has 1 aromatic carbocycles. The van der Waals surface area contributed by atoms with E-state index in [1.165, 1.54) is 11.1 Å². The predicted octanol–water partition coefficient (Wildman–Crippen LogP) is 2.62. The zero-order chi connectivity index (χ0) is 16.4. The molecule has 2 aromatic heterocycles. The van der Waals surface area contributed by atoms with Crippen molar-refractivity contribution < 1.29 is 0 Å². The van der Waals surface area contributed by atoms with Crippen LogP contribution in [0.15, 0.2) is 47.0 Å². The van der Waals surface area contributed by atoms with Gasteiger partial charge in [0.2, 0.25) is 0 Å². The Morgan fingerprint density at radius 2 is 2.25 bits per heavy atom. The zero-order valence-electron chi connectivity index (χ0n) is 13.7. The van der Waals surface area contributed by atoms with E-state index in [9.17, 15) is 0 Å². The first-order valence-corrected chi connectivity index (χ1v) is 9.15. The topological polar surface area (TPSA) is 53.7 Å². The molecule has 6 heteroatoms. The summed E-state index contributed by atoms with van der Waals surface area (Å²) in [6.45, 7) is 0.678. The highest BCUT2D eigenvalue weighted by Gasteiger charge is 2.19. The summed E-state index contributed by atoms with van der Waals surface area (Å²) >= 11 is 1.65. The maximum absolute atomic E-state index is 4.59. The molecule has 1 aliphatic carbocycles. The van der Waals surface area contributed by atoms with Crippen LogP contribution in [0.2, 0.25) is 0 Å². The number of nitrogens with one attached hydrogen (secondary N) is 2. The molecule has 24 heavy (non-hydrogen) atoms. The van der Waals surface area contributed by atoms with Crippen molar-refractivity contribution in [3.8, 4) is 0 Å². The lowest BCUT2D eigenvalue weighted by Gasteiger charge is -2.27. The first-order valence-electron chi connectivity index (χ1n) is 8.27. The molecule has 2 heterocycles. The Balaban J connectivity index is 1.35. The maximum atomic E-state index is 4.59. The third kappa shape index (κ3) is 3.14. The Labute approximate surface area is 145 Å². The van der Waals surface area contributed by atoms with Crippen LogP contribution < -0.4 is 10.6 Å². The van der Waals surface area contributed by atoms with Crippen molar-refractivity contribution in [1.29, 1.82) is 0 Å². The fourth-order valence-electron chi connectivity index (χ4n) is 3.24. The summed E-state index contributed by atoms with van der Waals surface area (Å²) in [6, 6.07) is 9.15. The Morgan fingerprint density at radius 1 is 1.38 bits per heavy atom. The molecule has 0 saturated heterocycles. The highest BCUT2D eigenvalue weighted by atomic mass is 32.1. The minimum Gasteiger partial charge on any atom is -0.353 e. The van der Waals surface area contributed by atoms with Gasteiger partial charge in [0.1, 0.15) is 0 Å². The number of aromatic nitrogens is 2. The van der Waals surface area contributed by atoms with E-state index in [0.717, 1.165) is 35.9 Å². The van der Waals surface area contributed by atoms with Gasteiger partial charge in [0.25, 0.3) is 0 Å². The molecule has 4 rings (SSSR count). The molecule has 1 unspecified atom stereocenters. The number of aryl methyl sites for hydroxylation is 1. The second-order valence-electron chi connectivity index (χ2n) is 6.10. The van der Waals surface area contributed by atoms with E-state index < -0.39 is 0 Å². The summed E-state index contributed by atoms with van der Waals surface area (Å²) in [5.41, 5.74) is 3.96. The Hall–Kier alpha value is -2.34. The first kappa shape index (κ1) is 15.2. The number of benzene rings is 1. The number of hydrogen-bond acceptors (Lipinski definition) is 3. The van der Waals surface area contributed by atoms with E-state index in [1.54, 1.807) is 11.3 Å². The van der Waals surface area contributed by atoms with Crippen LogP contribution in [0.1, 0.15) is 23.2 Å². The van der Waals surface area contributed by atoms with Crippen LogP contribution in [0.5, 0.6) is 0 Å². The van der Waals surface area contributed by atoms with Gasteiger partial charge in [-0.2, -0.15) is 0 Å². The van der Waals surface area contributed by atoms with Gasteiger partial charge in [-0.15, -0.1) is 11.3 Å². The molecule has 0 bridgehead atoms. The molecule has 5 nitrogen and oxygen atoms in total. The van der Waals surface area contributed by atoms with E-state index >= 15 is 0 Å². The van der Waals surface area contributed by atoms with E-state index in [1.807, 2.05) is 18.6 Å². The van der Waals surface area contributed by atoms with Crippen molar-refractivity contribution in [1.82, 2.24) is 20.0 Å². The number of imidazole rings is 1. The van der Waals surface area contributed by atoms with Crippen molar-refractivity contribution in [2.45, 2.75) is 31.8 Å². The minimum absolute atomic E-state index is 0.427. The van der Waals surface area contributed by atoms with Gasteiger partial charge >= 0.3 is 0 Å². The number of rotatable bonds is 3. The normalized spacial score (nSPS) is 17.7. The van der Waals surface area contributed by atoms with Gasteiger partial charge in [-0.1, -0.05) is 24.3 Å². The molecule has 2 N–H and O–H groups in total. The molecule has 1 aliphatic rings. The van der Waals surface area contributed by atoms with Crippen molar-refractivity contribution in [3.63, 3.8) is 0 Å². The lowest BCUT2D eigenvalue weighted by Crippen LogP contribution is -2.45. The van der Waals surface area contributed by atoms with Crippen LogP contribution in [0.25, 0.3) is 4.96 Å². The molecule has 0 amide bonds. The monoisotopic (exact) mass is 339 g/mol. The van der Waals surface area contributed by atoms with Gasteiger partial charge in [0.15, 0.2) is 10.9 Å². The highest BCUT2D eigenvalue weighted by molar-refractivity contribution is 7.15. The van der Waals surface area contributed by atoms with Gasteiger partial charge in [-0.05, 0) is 30.4 Å². The number of guanidine groups is 1. The molecular weight excluding hydrogens is 318 g/mol. The van der Waals surface area contributed by atoms with Gasteiger partial charge in [0.05, 0.1) is 12.2 Å². The molecule has 3 aromatic rings. The predicted molar refractivity (Wildman–Crippen MR) is 98.7 cm³/mol. The molecule has 0 fully saturated rings. The zero-order valence-corrected chi connectivity index (χ0v) is 14.5. The van der Waals surface area contributed by atoms with Crippen LogP contribution in [-0.4, -0.2) is 28.4 Å². The van der Waals surface area contributed by atoms with E-state index in [-0.39, 0.29) is 0 Å². The summed E-state index contributed by atoms with van der Waals surface area (Å²) in [5, 5.41) is 8.97. The van der Waals surface area contributed by atoms with Gasteiger partial charge in [-0.25, -0.2) is 4.98 Å². The number of aliphatic imine (C=N–C) groups is 1. The summed E-state index contributed by atoms with van der Waals surface area (Å²) in [5.74, 6) is 0.843. The van der Waals surface area contributed by atoms with Gasteiger partial charge < -0.3 is 10.6 Å². The van der Waals surface area contributed by atoms with Crippen molar-refractivity contribution >= 4 is 22.3 Å². The van der Waals surface area contributed by atoms with Crippen LogP contribution >= 0.6 is 11.3 Å². The average molecular weight is 339 g/mol. The molecule has 1 atom stereocenters. The quantitative estimate of drug-likeness (QED) is 0.570. The number of thiazole rings is 1. The van der Waals surface area contributed by atoms with Crippen molar-refractivity contribution in [3.05, 3.63) is 58.9 Å². The average Bonchev–Trinajstić information content (AvgIpc) is 3.20. The summed E-state index contributed by atoms with van der Waals surface area (Å²) < 4.78 is 2.05. The van der Waals surface area contributed by atoms with E-state index in [0.29, 0.717) is 12.6 Å². The summed E-state index contributed by atoms with van der Waals surface area (Å²) in [6.07, 6.45) is 7.41. The molecule has 124 valence electrons. The smallest absolute Gasteiger partial charge is 0.193 e. The van der Waals surface area contributed by atoms with Crippen molar-refractivity contribution in [2.75, 3.05) is 7.05 Å². The SMILES string of the molecule is CN=C(NCc1cn2ccsc2n1)NC1CCc2ccccc2C1. The molecule has 0 radical (unpaired) electrons. The molecule has 0 spiro atoms. The summed E-state index contributed by atoms with van der Waals surface area (Å²) in [4.78, 5) is 9.98. The van der Waals surface area contributed by atoms with Gasteiger partial charge in [0, 0.05) is 30.9 Å². The maximum Gasteiger partial charge on any atom is 0.193 e. The number of nitrogens with zero attached hydrogens (tertiary/aromatic N) is 3. The fourth-order valence-corrected chi connectivity index (χ4v) is 3.96. The molecule has 0 aliphatic heterocycles. The fraction of sp³-hybridized carbons (Fsp3) is 0.333. The minimum atomic E-state index is 0.427. The molecular formula is C18H21N5S. The third-order valence-corrected chi connectivity index (χ3v) is 5.26.